The molecule has 1 aromatic carbocycles. The summed E-state index contributed by atoms with van der Waals surface area (Å²) in [6.45, 7) is 4.97. The molecule has 0 saturated heterocycles. The van der Waals surface area contributed by atoms with Gasteiger partial charge in [-0.3, -0.25) is 9.59 Å². The Morgan fingerprint density at radius 1 is 0.724 bits per heavy atom. The van der Waals surface area contributed by atoms with Gasteiger partial charge in [0.05, 0.1) is 0 Å². The van der Waals surface area contributed by atoms with Crippen molar-refractivity contribution in [2.24, 2.45) is 0 Å². The molecule has 0 heterocycles. The van der Waals surface area contributed by atoms with E-state index in [-0.39, 0.29) is 11.9 Å². The highest BCUT2D eigenvalue weighted by molar-refractivity contribution is 5.71. The zero-order valence-electron chi connectivity index (χ0n) is 18.5. The summed E-state index contributed by atoms with van der Waals surface area (Å²) in [5.41, 5.74) is 1.02. The summed E-state index contributed by atoms with van der Waals surface area (Å²) in [6, 6.07) is 5.27. The minimum atomic E-state index is -0.383. The molecule has 0 fully saturated rings. The first-order valence-corrected chi connectivity index (χ1v) is 11.2. The molecule has 0 N–H and O–H groups in total. The minimum Gasteiger partial charge on any atom is -0.427 e. The van der Waals surface area contributed by atoms with Gasteiger partial charge in [-0.25, -0.2) is 0 Å². The second kappa shape index (κ2) is 15.8. The Kier molecular flexibility index (Phi) is 13.6. The maximum Gasteiger partial charge on any atom is 0.308 e. The summed E-state index contributed by atoms with van der Waals surface area (Å²) in [6.07, 6.45) is 19.3. The van der Waals surface area contributed by atoms with Crippen LogP contribution in [0.5, 0.6) is 11.5 Å². The van der Waals surface area contributed by atoms with Gasteiger partial charge >= 0.3 is 11.9 Å². The molecule has 4 heteroatoms. The van der Waals surface area contributed by atoms with Crippen molar-refractivity contribution in [2.75, 3.05) is 0 Å². The van der Waals surface area contributed by atoms with Crippen LogP contribution in [-0.2, 0) is 16.0 Å². The SMILES string of the molecule is CCCCCC/C=C\CCCCCCCc1cc(OC(C)=O)cc(OC(C)=O)c1. The molecule has 0 aliphatic rings. The quantitative estimate of drug-likeness (QED) is 0.138. The van der Waals surface area contributed by atoms with Crippen LogP contribution in [0.25, 0.3) is 0 Å². The van der Waals surface area contributed by atoms with Gasteiger partial charge in [0, 0.05) is 19.9 Å². The zero-order chi connectivity index (χ0) is 21.3. The van der Waals surface area contributed by atoms with Gasteiger partial charge < -0.3 is 9.47 Å². The lowest BCUT2D eigenvalue weighted by molar-refractivity contribution is -0.132. The molecule has 162 valence electrons. The molecule has 0 radical (unpaired) electrons. The van der Waals surface area contributed by atoms with E-state index in [9.17, 15) is 9.59 Å². The lowest BCUT2D eigenvalue weighted by Crippen LogP contribution is -2.05. The normalized spacial score (nSPS) is 11.0. The molecule has 0 aliphatic heterocycles. The molecule has 0 saturated carbocycles. The summed E-state index contributed by atoms with van der Waals surface area (Å²) in [5, 5.41) is 0. The predicted molar refractivity (Wildman–Crippen MR) is 118 cm³/mol. The average molecular weight is 403 g/mol. The van der Waals surface area contributed by atoms with E-state index in [0.717, 1.165) is 18.4 Å². The van der Waals surface area contributed by atoms with Crippen LogP contribution in [0.1, 0.15) is 97.0 Å². The van der Waals surface area contributed by atoms with Crippen LogP contribution in [0.15, 0.2) is 30.4 Å². The van der Waals surface area contributed by atoms with Gasteiger partial charge in [-0.1, -0.05) is 57.6 Å². The standard InChI is InChI=1S/C25H38O4/c1-4-5-6-7-8-9-10-11-12-13-14-15-16-17-23-18-24(28-21(2)26)20-25(19-23)29-22(3)27/h9-10,18-20H,4-8,11-17H2,1-3H3/b10-9-. The molecule has 4 nitrogen and oxygen atoms in total. The molecule has 0 amide bonds. The molecule has 0 unspecified atom stereocenters. The summed E-state index contributed by atoms with van der Waals surface area (Å²) >= 11 is 0. The van der Waals surface area contributed by atoms with Crippen molar-refractivity contribution in [2.45, 2.75) is 97.8 Å². The van der Waals surface area contributed by atoms with Crippen LogP contribution in [0.3, 0.4) is 0 Å². The van der Waals surface area contributed by atoms with Crippen LogP contribution in [-0.4, -0.2) is 11.9 Å². The van der Waals surface area contributed by atoms with Crippen LogP contribution < -0.4 is 9.47 Å². The van der Waals surface area contributed by atoms with Gasteiger partial charge in [0.1, 0.15) is 11.5 Å². The van der Waals surface area contributed by atoms with Crippen LogP contribution in [0, 0.1) is 0 Å². The fourth-order valence-corrected chi connectivity index (χ4v) is 3.27. The van der Waals surface area contributed by atoms with E-state index in [1.165, 1.54) is 78.1 Å². The number of rotatable bonds is 15. The van der Waals surface area contributed by atoms with Crippen molar-refractivity contribution in [3.05, 3.63) is 35.9 Å². The highest BCUT2D eigenvalue weighted by Crippen LogP contribution is 2.25. The molecule has 0 aromatic heterocycles. The molecule has 1 aromatic rings. The number of carbonyl (C=O) groups is 2. The topological polar surface area (TPSA) is 52.6 Å². The molecule has 0 aliphatic carbocycles. The van der Waals surface area contributed by atoms with Crippen molar-refractivity contribution < 1.29 is 19.1 Å². The Hall–Kier alpha value is -2.10. The maximum atomic E-state index is 11.2. The first kappa shape index (κ1) is 24.9. The molecular formula is C25H38O4. The number of carbonyl (C=O) groups excluding carboxylic acids is 2. The number of ether oxygens (including phenoxy) is 2. The van der Waals surface area contributed by atoms with E-state index in [1.807, 2.05) is 12.1 Å². The Morgan fingerprint density at radius 2 is 1.21 bits per heavy atom. The Bertz CT molecular complexity index is 599. The van der Waals surface area contributed by atoms with Crippen molar-refractivity contribution in [1.29, 1.82) is 0 Å². The summed E-state index contributed by atoms with van der Waals surface area (Å²) < 4.78 is 10.3. The van der Waals surface area contributed by atoms with Gasteiger partial charge in [-0.15, -0.1) is 0 Å². The van der Waals surface area contributed by atoms with Crippen LogP contribution in [0.2, 0.25) is 0 Å². The second-order valence-corrected chi connectivity index (χ2v) is 7.63. The van der Waals surface area contributed by atoms with Crippen LogP contribution >= 0.6 is 0 Å². The summed E-state index contributed by atoms with van der Waals surface area (Å²) in [7, 11) is 0. The monoisotopic (exact) mass is 402 g/mol. The van der Waals surface area contributed by atoms with Crippen molar-refractivity contribution in [3.8, 4) is 11.5 Å². The predicted octanol–water partition coefficient (Wildman–Crippen LogP) is 6.95. The van der Waals surface area contributed by atoms with E-state index in [2.05, 4.69) is 19.1 Å². The average Bonchev–Trinajstić information content (AvgIpc) is 2.64. The van der Waals surface area contributed by atoms with Gasteiger partial charge in [-0.05, 0) is 56.2 Å². The third-order valence-electron chi connectivity index (χ3n) is 4.69. The fraction of sp³-hybridized carbons (Fsp3) is 0.600. The number of esters is 2. The number of hydrogen-bond donors (Lipinski definition) is 0. The van der Waals surface area contributed by atoms with E-state index >= 15 is 0 Å². The third kappa shape index (κ3) is 13.7. The van der Waals surface area contributed by atoms with Gasteiger partial charge in [-0.2, -0.15) is 0 Å². The molecule has 0 bridgehead atoms. The lowest BCUT2D eigenvalue weighted by atomic mass is 10.0. The maximum absolute atomic E-state index is 11.2. The second-order valence-electron chi connectivity index (χ2n) is 7.63. The fourth-order valence-electron chi connectivity index (χ4n) is 3.27. The first-order chi connectivity index (χ1) is 14.0. The molecule has 0 spiro atoms. The smallest absolute Gasteiger partial charge is 0.308 e. The zero-order valence-corrected chi connectivity index (χ0v) is 18.5. The number of aryl methyl sites for hydroxylation is 1. The highest BCUT2D eigenvalue weighted by atomic mass is 16.5. The van der Waals surface area contributed by atoms with Crippen molar-refractivity contribution in [3.63, 3.8) is 0 Å². The first-order valence-electron chi connectivity index (χ1n) is 11.2. The summed E-state index contributed by atoms with van der Waals surface area (Å²) in [5.74, 6) is 0.0809. The van der Waals surface area contributed by atoms with Crippen molar-refractivity contribution >= 4 is 11.9 Å². The van der Waals surface area contributed by atoms with E-state index < -0.39 is 0 Å². The van der Waals surface area contributed by atoms with Crippen molar-refractivity contribution in [1.82, 2.24) is 0 Å². The number of benzene rings is 1. The Morgan fingerprint density at radius 3 is 1.72 bits per heavy atom. The van der Waals surface area contributed by atoms with E-state index in [4.69, 9.17) is 9.47 Å². The number of hydrogen-bond acceptors (Lipinski definition) is 4. The van der Waals surface area contributed by atoms with E-state index in [0.29, 0.717) is 11.5 Å². The largest absolute Gasteiger partial charge is 0.427 e. The number of allylic oxidation sites excluding steroid dienone is 2. The molecule has 1 rings (SSSR count). The number of unbranched alkanes of at least 4 members (excludes halogenated alkanes) is 9. The highest BCUT2D eigenvalue weighted by Gasteiger charge is 2.07. The van der Waals surface area contributed by atoms with Gasteiger partial charge in [0.25, 0.3) is 0 Å². The van der Waals surface area contributed by atoms with Gasteiger partial charge in [0.2, 0.25) is 0 Å². The molecular weight excluding hydrogens is 364 g/mol. The molecule has 29 heavy (non-hydrogen) atoms. The third-order valence-corrected chi connectivity index (χ3v) is 4.69. The summed E-state index contributed by atoms with van der Waals surface area (Å²) in [4.78, 5) is 22.4. The minimum absolute atomic E-state index is 0.383. The van der Waals surface area contributed by atoms with E-state index in [1.54, 1.807) is 6.07 Å². The lowest BCUT2D eigenvalue weighted by Gasteiger charge is -2.09. The Labute approximate surface area is 176 Å². The Balaban J connectivity index is 2.23. The van der Waals surface area contributed by atoms with Crippen LogP contribution in [0.4, 0.5) is 0 Å². The van der Waals surface area contributed by atoms with Gasteiger partial charge in [0.15, 0.2) is 0 Å². The molecule has 0 atom stereocenters.